The molecule has 258 valence electrons. The van der Waals surface area contributed by atoms with Crippen molar-refractivity contribution in [2.45, 2.75) is 70.3 Å². The number of aromatic nitrogens is 2. The minimum absolute atomic E-state index is 0.0752. The molecule has 2 heterocycles. The zero-order valence-electron chi connectivity index (χ0n) is 26.4. The zero-order chi connectivity index (χ0) is 34.3. The van der Waals surface area contributed by atoms with Crippen LogP contribution in [0.25, 0.3) is 11.0 Å². The molecule has 47 heavy (non-hydrogen) atoms. The number of nitrogens with zero attached hydrogens (tertiary/aromatic N) is 3. The van der Waals surface area contributed by atoms with Gasteiger partial charge in [0, 0.05) is 18.4 Å². The van der Waals surface area contributed by atoms with E-state index in [9.17, 15) is 40.6 Å². The number of morpholine rings is 1. The van der Waals surface area contributed by atoms with E-state index < -0.39 is 46.5 Å². The van der Waals surface area contributed by atoms with Gasteiger partial charge < -0.3 is 24.6 Å². The molecule has 5 rings (SSSR count). The molecule has 1 saturated heterocycles. The van der Waals surface area contributed by atoms with Gasteiger partial charge >= 0.3 is 18.4 Å². The molecule has 1 aliphatic carbocycles. The first-order chi connectivity index (χ1) is 22.0. The SMILES string of the molecule is CC(C)C1c2ccc(F)cc2CCC1(CCN(C)CCCc1nc2c(C(F)(F)F)cc(C(F)(F)F)cc2[nH]1)C1COCCN1C(=O)O. The number of hydrogen-bond donors (Lipinski definition) is 2. The van der Waals surface area contributed by atoms with E-state index in [1.165, 1.54) is 11.0 Å². The summed E-state index contributed by atoms with van der Waals surface area (Å²) in [5.74, 6) is -0.127. The standard InChI is InChI=1S/C33H39F7N4O3/c1-19(2)28-23-7-6-22(34)15-20(23)8-9-31(28,26-18-47-14-13-44(26)30(45)46)10-12-43(3)11-4-5-27-41-25-17-21(32(35,36)37)16-24(29(25)42-27)33(38,39)40/h6-7,15-17,19,26,28H,4-5,8-14,18H2,1-3H3,(H,41,42)(H,45,46). The number of nitrogens with one attached hydrogen (secondary N) is 1. The van der Waals surface area contributed by atoms with E-state index in [-0.39, 0.29) is 54.6 Å². The van der Waals surface area contributed by atoms with Crippen molar-refractivity contribution in [2.75, 3.05) is 39.9 Å². The number of rotatable bonds is 9. The molecule has 0 saturated carbocycles. The second kappa shape index (κ2) is 13.3. The maximum Gasteiger partial charge on any atom is 0.418 e. The number of halogens is 7. The monoisotopic (exact) mass is 672 g/mol. The van der Waals surface area contributed by atoms with Crippen molar-refractivity contribution in [1.82, 2.24) is 19.8 Å². The molecule has 1 aromatic heterocycles. The van der Waals surface area contributed by atoms with Gasteiger partial charge in [0.1, 0.15) is 17.2 Å². The van der Waals surface area contributed by atoms with E-state index in [1.54, 1.807) is 6.07 Å². The van der Waals surface area contributed by atoms with Gasteiger partial charge in [-0.25, -0.2) is 14.2 Å². The zero-order valence-corrected chi connectivity index (χ0v) is 26.4. The minimum Gasteiger partial charge on any atom is -0.465 e. The number of H-pyrrole nitrogens is 1. The quantitative estimate of drug-likeness (QED) is 0.227. The van der Waals surface area contributed by atoms with Crippen molar-refractivity contribution < 1.29 is 45.4 Å². The van der Waals surface area contributed by atoms with E-state index in [0.717, 1.165) is 11.1 Å². The highest BCUT2D eigenvalue weighted by molar-refractivity contribution is 5.80. The number of imidazole rings is 1. The normalized spacial score (nSPS) is 22.3. The van der Waals surface area contributed by atoms with Gasteiger partial charge in [0.25, 0.3) is 0 Å². The Balaban J connectivity index is 1.34. The van der Waals surface area contributed by atoms with E-state index >= 15 is 0 Å². The Bertz CT molecular complexity index is 1590. The lowest BCUT2D eigenvalue weighted by Crippen LogP contribution is -2.60. The van der Waals surface area contributed by atoms with Gasteiger partial charge in [-0.3, -0.25) is 0 Å². The average Bonchev–Trinajstić information content (AvgIpc) is 3.41. The molecule has 0 bridgehead atoms. The number of aryl methyl sites for hydroxylation is 2. The first-order valence-corrected chi connectivity index (χ1v) is 15.7. The summed E-state index contributed by atoms with van der Waals surface area (Å²) in [6, 6.07) is 5.13. The van der Waals surface area contributed by atoms with Gasteiger partial charge in [-0.15, -0.1) is 0 Å². The van der Waals surface area contributed by atoms with Crippen LogP contribution in [0.2, 0.25) is 0 Å². The number of hydrogen-bond acceptors (Lipinski definition) is 4. The Morgan fingerprint density at radius 3 is 2.55 bits per heavy atom. The number of ether oxygens (including phenoxy) is 1. The van der Waals surface area contributed by atoms with Crippen molar-refractivity contribution in [1.29, 1.82) is 0 Å². The molecule has 3 atom stereocenters. The number of amides is 1. The molecule has 2 aliphatic rings. The number of alkyl halides is 6. The highest BCUT2D eigenvalue weighted by atomic mass is 19.4. The molecule has 0 spiro atoms. The Morgan fingerprint density at radius 2 is 1.89 bits per heavy atom. The van der Waals surface area contributed by atoms with Gasteiger partial charge in [0.15, 0.2) is 0 Å². The van der Waals surface area contributed by atoms with Crippen LogP contribution in [0.4, 0.5) is 35.5 Å². The lowest BCUT2D eigenvalue weighted by Gasteiger charge is -2.55. The summed E-state index contributed by atoms with van der Waals surface area (Å²) in [5, 5.41) is 10.2. The van der Waals surface area contributed by atoms with E-state index in [1.807, 2.05) is 13.1 Å². The first kappa shape index (κ1) is 34.9. The number of carboxylic acid groups (broad SMARTS) is 1. The molecule has 7 nitrogen and oxygen atoms in total. The summed E-state index contributed by atoms with van der Waals surface area (Å²) in [6.45, 7) is 6.05. The van der Waals surface area contributed by atoms with Gasteiger partial charge in [-0.1, -0.05) is 19.9 Å². The number of carbonyl (C=O) groups is 1. The fourth-order valence-electron chi connectivity index (χ4n) is 7.77. The Hall–Kier alpha value is -3.39. The van der Waals surface area contributed by atoms with Crippen molar-refractivity contribution in [2.24, 2.45) is 11.3 Å². The van der Waals surface area contributed by atoms with Crippen LogP contribution in [0.5, 0.6) is 0 Å². The highest BCUT2D eigenvalue weighted by Gasteiger charge is 2.53. The third-order valence-electron chi connectivity index (χ3n) is 9.80. The molecule has 2 N–H and O–H groups in total. The summed E-state index contributed by atoms with van der Waals surface area (Å²) in [4.78, 5) is 22.6. The van der Waals surface area contributed by atoms with E-state index in [0.29, 0.717) is 51.4 Å². The number of fused-ring (bicyclic) bond motifs is 2. The fourth-order valence-corrected chi connectivity index (χ4v) is 7.77. The molecular formula is C33H39F7N4O3. The van der Waals surface area contributed by atoms with Crippen LogP contribution >= 0.6 is 0 Å². The van der Waals surface area contributed by atoms with Crippen molar-refractivity contribution in [3.63, 3.8) is 0 Å². The highest BCUT2D eigenvalue weighted by Crippen LogP contribution is 2.55. The third kappa shape index (κ3) is 7.23. The molecule has 1 amide bonds. The number of aromatic amines is 1. The van der Waals surface area contributed by atoms with Crippen molar-refractivity contribution in [3.05, 3.63) is 64.2 Å². The Labute approximate surface area is 268 Å². The summed E-state index contributed by atoms with van der Waals surface area (Å²) >= 11 is 0. The topological polar surface area (TPSA) is 81.7 Å². The fraction of sp³-hybridized carbons (Fsp3) is 0.576. The van der Waals surface area contributed by atoms with Crippen LogP contribution in [-0.2, 0) is 29.9 Å². The van der Waals surface area contributed by atoms with E-state index in [2.05, 4.69) is 28.7 Å². The molecule has 2 aromatic carbocycles. The molecule has 1 fully saturated rings. The van der Waals surface area contributed by atoms with E-state index in [4.69, 9.17) is 4.74 Å². The minimum atomic E-state index is -5.01. The lowest BCUT2D eigenvalue weighted by molar-refractivity contribution is -0.142. The average molecular weight is 673 g/mol. The van der Waals surface area contributed by atoms with Crippen molar-refractivity contribution >= 4 is 17.1 Å². The molecule has 3 unspecified atom stereocenters. The first-order valence-electron chi connectivity index (χ1n) is 15.7. The van der Waals surface area contributed by atoms with Crippen LogP contribution in [-0.4, -0.2) is 76.9 Å². The van der Waals surface area contributed by atoms with Crippen LogP contribution in [0.15, 0.2) is 30.3 Å². The Morgan fingerprint density at radius 1 is 1.15 bits per heavy atom. The van der Waals surface area contributed by atoms with Crippen LogP contribution in [0.3, 0.4) is 0 Å². The molecule has 1 aliphatic heterocycles. The maximum atomic E-state index is 14.2. The summed E-state index contributed by atoms with van der Waals surface area (Å²) in [6.07, 6.45) is -8.47. The smallest absolute Gasteiger partial charge is 0.418 e. The predicted molar refractivity (Wildman–Crippen MR) is 161 cm³/mol. The Kier molecular flexibility index (Phi) is 9.85. The predicted octanol–water partition coefficient (Wildman–Crippen LogP) is 7.75. The summed E-state index contributed by atoms with van der Waals surface area (Å²) in [7, 11) is 1.90. The van der Waals surface area contributed by atoms with Crippen molar-refractivity contribution in [3.8, 4) is 0 Å². The third-order valence-corrected chi connectivity index (χ3v) is 9.80. The molecule has 0 radical (unpaired) electrons. The van der Waals surface area contributed by atoms with Gasteiger partial charge in [-0.2, -0.15) is 26.3 Å². The maximum absolute atomic E-state index is 14.2. The molecule has 3 aromatic rings. The second-order valence-corrected chi connectivity index (χ2v) is 13.1. The van der Waals surface area contributed by atoms with Gasteiger partial charge in [0.05, 0.1) is 35.9 Å². The van der Waals surface area contributed by atoms with Crippen LogP contribution in [0.1, 0.15) is 67.1 Å². The molecular weight excluding hydrogens is 633 g/mol. The summed E-state index contributed by atoms with van der Waals surface area (Å²) in [5.41, 5.74) is -2.30. The molecule has 14 heteroatoms. The number of benzene rings is 2. The second-order valence-electron chi connectivity index (χ2n) is 13.1. The van der Waals surface area contributed by atoms with Gasteiger partial charge in [0.2, 0.25) is 0 Å². The van der Waals surface area contributed by atoms with Gasteiger partial charge in [-0.05, 0) is 93.0 Å². The largest absolute Gasteiger partial charge is 0.465 e. The summed E-state index contributed by atoms with van der Waals surface area (Å²) < 4.78 is 101. The lowest BCUT2D eigenvalue weighted by atomic mass is 9.55. The van der Waals surface area contributed by atoms with Crippen LogP contribution < -0.4 is 0 Å². The van der Waals surface area contributed by atoms with Crippen LogP contribution in [0, 0.1) is 17.2 Å².